The number of nitrogens with two attached hydrogens (primary N) is 1. The molecule has 1 rings (SSSR count). The molecule has 0 aliphatic rings. The molecule has 1 aromatic carbocycles. The lowest BCUT2D eigenvalue weighted by Gasteiger charge is -2.31. The van der Waals surface area contributed by atoms with E-state index in [2.05, 4.69) is 21.3 Å². The Morgan fingerprint density at radius 2 is 1.26 bits per heavy atom. The average Bonchev–Trinajstić information content (AvgIpc) is 3.03. The van der Waals surface area contributed by atoms with Gasteiger partial charge in [0, 0.05) is 37.3 Å². The first kappa shape index (κ1) is 44.7. The lowest BCUT2D eigenvalue weighted by molar-refractivity contribution is -0.134. The summed E-state index contributed by atoms with van der Waals surface area (Å²) in [7, 11) is 0. The van der Waals surface area contributed by atoms with Gasteiger partial charge in [-0.15, -0.1) is 0 Å². The first-order valence-corrected chi connectivity index (χ1v) is 18.5. The minimum absolute atomic E-state index is 0.000851. The summed E-state index contributed by atoms with van der Waals surface area (Å²) in [5, 5.41) is 21.4. The summed E-state index contributed by atoms with van der Waals surface area (Å²) in [6, 6.07) is 5.79. The van der Waals surface area contributed by atoms with Crippen molar-refractivity contribution in [2.75, 3.05) is 6.61 Å². The molecule has 11 heteroatoms. The Bertz CT molecular complexity index is 1200. The van der Waals surface area contributed by atoms with Crippen molar-refractivity contribution in [2.45, 2.75) is 138 Å². The van der Waals surface area contributed by atoms with Gasteiger partial charge in [-0.25, -0.2) is 0 Å². The van der Waals surface area contributed by atoms with E-state index in [9.17, 15) is 29.1 Å². The molecular formula is C39H67N5O6. The molecule has 0 heterocycles. The molecule has 0 fully saturated rings. The van der Waals surface area contributed by atoms with Crippen LogP contribution in [0.3, 0.4) is 0 Å². The van der Waals surface area contributed by atoms with E-state index in [1.54, 1.807) is 0 Å². The molecule has 0 aliphatic carbocycles. The van der Waals surface area contributed by atoms with Gasteiger partial charge in [0.05, 0.1) is 12.6 Å². The molecule has 0 saturated carbocycles. The summed E-state index contributed by atoms with van der Waals surface area (Å²) in [4.78, 5) is 66.8. The maximum Gasteiger partial charge on any atom is 0.243 e. The number of carbonyl (C=O) groups is 5. The van der Waals surface area contributed by atoms with Crippen LogP contribution in [-0.4, -0.2) is 71.3 Å². The molecule has 11 nitrogen and oxygen atoms in total. The van der Waals surface area contributed by atoms with Crippen molar-refractivity contribution in [1.82, 2.24) is 21.3 Å². The fourth-order valence-corrected chi connectivity index (χ4v) is 5.91. The van der Waals surface area contributed by atoms with Crippen molar-refractivity contribution in [3.8, 4) is 0 Å². The normalized spacial score (nSPS) is 15.9. The first-order chi connectivity index (χ1) is 23.4. The van der Waals surface area contributed by atoms with Gasteiger partial charge in [0.2, 0.25) is 23.6 Å². The van der Waals surface area contributed by atoms with Crippen molar-refractivity contribution >= 4 is 29.4 Å². The maximum atomic E-state index is 13.9. The second-order valence-electron chi connectivity index (χ2n) is 15.5. The molecule has 4 amide bonds. The number of carbonyl (C=O) groups excluding carboxylic acids is 5. The third-order valence-electron chi connectivity index (χ3n) is 9.19. The van der Waals surface area contributed by atoms with Crippen molar-refractivity contribution in [1.29, 1.82) is 0 Å². The monoisotopic (exact) mass is 702 g/mol. The Morgan fingerprint density at radius 3 is 1.76 bits per heavy atom. The number of amides is 4. The van der Waals surface area contributed by atoms with Crippen molar-refractivity contribution in [3.05, 3.63) is 35.9 Å². The standard InChI is InChI=1S/C39H67N5O6/c1-11-27(10)36(39(50)42-33(22-45)25(6)7)43-34(47)21-31(40)32(19-28-15-13-12-14-16-28)41-38(49)35(26(8)9)44-37(48)29(17-23(2)3)20-30(46)18-24(4)5/h12-16,23-27,29,31-33,35-36,45H,11,17-22,40H2,1-10H3,(H,41,49)(H,42,50)(H,43,47)(H,44,48). The lowest BCUT2D eigenvalue weighted by Crippen LogP contribution is -2.58. The smallest absolute Gasteiger partial charge is 0.243 e. The van der Waals surface area contributed by atoms with Crippen LogP contribution in [0.2, 0.25) is 0 Å². The van der Waals surface area contributed by atoms with Crippen LogP contribution in [0.5, 0.6) is 0 Å². The number of Topliss-reactive ketones (excluding diaryl/α,β-unsaturated/α-hetero) is 1. The van der Waals surface area contributed by atoms with E-state index in [1.807, 2.05) is 99.6 Å². The molecule has 0 aromatic heterocycles. The van der Waals surface area contributed by atoms with E-state index < -0.39 is 47.9 Å². The van der Waals surface area contributed by atoms with Gasteiger partial charge in [-0.2, -0.15) is 0 Å². The van der Waals surface area contributed by atoms with Gasteiger partial charge in [0.25, 0.3) is 0 Å². The summed E-state index contributed by atoms with van der Waals surface area (Å²) < 4.78 is 0. The van der Waals surface area contributed by atoms with Crippen LogP contribution in [-0.2, 0) is 30.4 Å². The summed E-state index contributed by atoms with van der Waals surface area (Å²) in [6.07, 6.45) is 1.84. The molecule has 1 aromatic rings. The summed E-state index contributed by atoms with van der Waals surface area (Å²) in [6.45, 7) is 19.0. The van der Waals surface area contributed by atoms with Crippen molar-refractivity contribution < 1.29 is 29.1 Å². The number of ketones is 1. The molecule has 0 saturated heterocycles. The third-order valence-corrected chi connectivity index (χ3v) is 9.19. The SMILES string of the molecule is CCC(C)C(NC(=O)CC(N)C(Cc1ccccc1)NC(=O)C(NC(=O)C(CC(=O)CC(C)C)CC(C)C)C(C)C)C(=O)NC(CO)C(C)C. The Morgan fingerprint density at radius 1 is 0.680 bits per heavy atom. The zero-order valence-electron chi connectivity index (χ0n) is 32.3. The van der Waals surface area contributed by atoms with Gasteiger partial charge in [-0.05, 0) is 48.0 Å². The molecule has 0 spiro atoms. The molecule has 284 valence electrons. The number of aliphatic hydroxyl groups is 1. The van der Waals surface area contributed by atoms with Crippen molar-refractivity contribution in [2.24, 2.45) is 41.2 Å². The topological polar surface area (TPSA) is 180 Å². The third kappa shape index (κ3) is 16.1. The first-order valence-electron chi connectivity index (χ1n) is 18.5. The zero-order valence-corrected chi connectivity index (χ0v) is 32.3. The number of rotatable bonds is 23. The maximum absolute atomic E-state index is 13.9. The van der Waals surface area contributed by atoms with E-state index >= 15 is 0 Å². The second-order valence-corrected chi connectivity index (χ2v) is 15.5. The van der Waals surface area contributed by atoms with Gasteiger partial charge in [-0.3, -0.25) is 24.0 Å². The summed E-state index contributed by atoms with van der Waals surface area (Å²) >= 11 is 0. The molecule has 0 bridgehead atoms. The Kier molecular flexibility index (Phi) is 20.1. The van der Waals surface area contributed by atoms with E-state index in [0.29, 0.717) is 25.7 Å². The fraction of sp³-hybridized carbons (Fsp3) is 0.718. The Hall–Kier alpha value is -3.31. The predicted octanol–water partition coefficient (Wildman–Crippen LogP) is 3.90. The number of hydrogen-bond donors (Lipinski definition) is 6. The van der Waals surface area contributed by atoms with Crippen LogP contribution >= 0.6 is 0 Å². The van der Waals surface area contributed by atoms with Gasteiger partial charge in [0.1, 0.15) is 17.9 Å². The van der Waals surface area contributed by atoms with Gasteiger partial charge in [0.15, 0.2) is 0 Å². The molecule has 0 radical (unpaired) electrons. The molecule has 7 unspecified atom stereocenters. The van der Waals surface area contributed by atoms with Crippen LogP contribution in [0.4, 0.5) is 0 Å². The van der Waals surface area contributed by atoms with Gasteiger partial charge >= 0.3 is 0 Å². The number of hydrogen-bond acceptors (Lipinski definition) is 7. The van der Waals surface area contributed by atoms with Gasteiger partial charge in [-0.1, -0.05) is 106 Å². The number of aliphatic hydroxyl groups excluding tert-OH is 1. The van der Waals surface area contributed by atoms with Crippen LogP contribution < -0.4 is 27.0 Å². The minimum Gasteiger partial charge on any atom is -0.394 e. The van der Waals surface area contributed by atoms with Crippen LogP contribution in [0.15, 0.2) is 30.3 Å². The fourth-order valence-electron chi connectivity index (χ4n) is 5.91. The van der Waals surface area contributed by atoms with E-state index in [4.69, 9.17) is 5.73 Å². The molecule has 0 aliphatic heterocycles. The number of nitrogens with one attached hydrogen (secondary N) is 4. The highest BCUT2D eigenvalue weighted by molar-refractivity contribution is 5.91. The second kappa shape index (κ2) is 22.5. The van der Waals surface area contributed by atoms with Crippen LogP contribution in [0.1, 0.15) is 107 Å². The van der Waals surface area contributed by atoms with Gasteiger partial charge < -0.3 is 32.1 Å². The summed E-state index contributed by atoms with van der Waals surface area (Å²) in [5.74, 6) is -2.18. The lowest BCUT2D eigenvalue weighted by atomic mass is 9.89. The van der Waals surface area contributed by atoms with E-state index in [0.717, 1.165) is 5.56 Å². The largest absolute Gasteiger partial charge is 0.394 e. The summed E-state index contributed by atoms with van der Waals surface area (Å²) in [5.41, 5.74) is 7.56. The molecule has 7 atom stereocenters. The van der Waals surface area contributed by atoms with Crippen LogP contribution in [0, 0.1) is 35.5 Å². The van der Waals surface area contributed by atoms with E-state index in [1.165, 1.54) is 0 Å². The van der Waals surface area contributed by atoms with Crippen molar-refractivity contribution in [3.63, 3.8) is 0 Å². The average molecular weight is 702 g/mol. The minimum atomic E-state index is -0.893. The highest BCUT2D eigenvalue weighted by Gasteiger charge is 2.33. The Labute approximate surface area is 301 Å². The zero-order chi connectivity index (χ0) is 38.1. The molecular weight excluding hydrogens is 634 g/mol. The highest BCUT2D eigenvalue weighted by atomic mass is 16.3. The highest BCUT2D eigenvalue weighted by Crippen LogP contribution is 2.20. The predicted molar refractivity (Wildman–Crippen MR) is 199 cm³/mol. The molecule has 7 N–H and O–H groups in total. The van der Waals surface area contributed by atoms with E-state index in [-0.39, 0.29) is 66.6 Å². The Balaban J connectivity index is 3.22. The van der Waals surface area contributed by atoms with Crippen LogP contribution in [0.25, 0.3) is 0 Å². The number of benzene rings is 1. The molecule has 50 heavy (non-hydrogen) atoms. The quantitative estimate of drug-likeness (QED) is 0.100.